The fourth-order valence-corrected chi connectivity index (χ4v) is 4.68. The molecule has 0 atom stereocenters. The van der Waals surface area contributed by atoms with Crippen molar-refractivity contribution in [3.63, 3.8) is 0 Å². The normalized spacial score (nSPS) is 10.7. The van der Waals surface area contributed by atoms with E-state index in [1.165, 1.54) is 128 Å². The van der Waals surface area contributed by atoms with Crippen molar-refractivity contribution < 1.29 is 78.9 Å². The topological polar surface area (TPSA) is 80.3 Å². The third-order valence-corrected chi connectivity index (χ3v) is 7.29. The van der Waals surface area contributed by atoms with Gasteiger partial charge in [0.2, 0.25) is 0 Å². The Balaban J connectivity index is -0.000000328. The summed E-state index contributed by atoms with van der Waals surface area (Å²) in [6, 6.07) is 0. The number of rotatable bonds is 30. The van der Waals surface area contributed by atoms with Crippen LogP contribution in [-0.4, -0.2) is 11.9 Å². The molecule has 0 aromatic heterocycles. The first-order valence-corrected chi connectivity index (χ1v) is 17.2. The number of aliphatic carboxylic acids is 2. The van der Waals surface area contributed by atoms with Crippen molar-refractivity contribution in [1.82, 2.24) is 0 Å². The van der Waals surface area contributed by atoms with Crippen molar-refractivity contribution in [3.8, 4) is 0 Å². The Kier molecular flexibility index (Phi) is 53.8. The van der Waals surface area contributed by atoms with Gasteiger partial charge in [0.05, 0.1) is 0 Å². The monoisotopic (exact) mass is 608 g/mol. The standard InChI is InChI=1S/2C18H34O2.2Na/c2*1-2-3-4-5-6-7-8-9-10-11-12-13-14-15-16-17-18(19)20;;/h2*9-10H,2-8,11-17H2,1H3,(H,19,20);;/q;;2*+1/p-2/b2*10-9-;;. The van der Waals surface area contributed by atoms with Crippen molar-refractivity contribution in [2.24, 2.45) is 0 Å². The molecule has 0 N–H and O–H groups in total. The molecule has 0 fully saturated rings. The fraction of sp³-hybridized carbons (Fsp3) is 0.833. The Labute approximate surface area is 306 Å². The predicted octanol–water partition coefficient (Wildman–Crippen LogP) is 3.56. The smallest absolute Gasteiger partial charge is 0.550 e. The minimum atomic E-state index is -0.914. The van der Waals surface area contributed by atoms with Gasteiger partial charge in [0.15, 0.2) is 0 Å². The van der Waals surface area contributed by atoms with E-state index in [-0.39, 0.29) is 72.0 Å². The van der Waals surface area contributed by atoms with Gasteiger partial charge in [-0.05, 0) is 77.0 Å². The van der Waals surface area contributed by atoms with Gasteiger partial charge in [-0.3, -0.25) is 0 Å². The molecule has 236 valence electrons. The molecule has 4 nitrogen and oxygen atoms in total. The van der Waals surface area contributed by atoms with Crippen LogP contribution in [0.4, 0.5) is 0 Å². The zero-order valence-electron chi connectivity index (χ0n) is 28.7. The number of unbranched alkanes of at least 4 members (excludes halogenated alkanes) is 22. The molecule has 0 spiro atoms. The van der Waals surface area contributed by atoms with Gasteiger partial charge < -0.3 is 19.8 Å². The Bertz CT molecular complexity index is 529. The van der Waals surface area contributed by atoms with Crippen LogP contribution >= 0.6 is 0 Å². The van der Waals surface area contributed by atoms with Crippen LogP contribution in [0, 0.1) is 0 Å². The van der Waals surface area contributed by atoms with Gasteiger partial charge in [-0.1, -0.05) is 141 Å². The van der Waals surface area contributed by atoms with E-state index in [1.807, 2.05) is 0 Å². The van der Waals surface area contributed by atoms with Gasteiger partial charge in [-0.15, -0.1) is 0 Å². The molecule has 0 aromatic carbocycles. The maximum absolute atomic E-state index is 10.2. The molecule has 0 radical (unpaired) electrons. The molecule has 0 aliphatic heterocycles. The second-order valence-electron chi connectivity index (χ2n) is 11.4. The Hall–Kier alpha value is 0.420. The largest absolute Gasteiger partial charge is 1.00 e. The van der Waals surface area contributed by atoms with E-state index >= 15 is 0 Å². The van der Waals surface area contributed by atoms with Crippen LogP contribution in [0.3, 0.4) is 0 Å². The first kappa shape index (κ1) is 49.3. The van der Waals surface area contributed by atoms with Gasteiger partial charge >= 0.3 is 59.1 Å². The zero-order valence-corrected chi connectivity index (χ0v) is 32.7. The van der Waals surface area contributed by atoms with E-state index in [9.17, 15) is 19.8 Å². The maximum Gasteiger partial charge on any atom is 1.00 e. The molecule has 0 aliphatic carbocycles. The summed E-state index contributed by atoms with van der Waals surface area (Å²) in [7, 11) is 0. The van der Waals surface area contributed by atoms with Gasteiger partial charge in [0.25, 0.3) is 0 Å². The Morgan fingerprint density at radius 3 is 0.833 bits per heavy atom. The molecule has 0 saturated heterocycles. The molecular formula is C36H66Na2O4. The number of hydrogen-bond acceptors (Lipinski definition) is 4. The number of carboxylic acid groups (broad SMARTS) is 2. The molecule has 0 amide bonds. The van der Waals surface area contributed by atoms with Crippen LogP contribution in [0.5, 0.6) is 0 Å². The van der Waals surface area contributed by atoms with Crippen LogP contribution < -0.4 is 69.3 Å². The third kappa shape index (κ3) is 53.0. The molecular weight excluding hydrogens is 542 g/mol. The minimum absolute atomic E-state index is 0. The number of carbonyl (C=O) groups is 2. The Morgan fingerprint density at radius 2 is 0.595 bits per heavy atom. The number of hydrogen-bond donors (Lipinski definition) is 0. The van der Waals surface area contributed by atoms with E-state index in [4.69, 9.17) is 0 Å². The van der Waals surface area contributed by atoms with Crippen LogP contribution in [0.25, 0.3) is 0 Å². The molecule has 0 aromatic rings. The third-order valence-electron chi connectivity index (χ3n) is 7.29. The first-order chi connectivity index (χ1) is 19.5. The predicted molar refractivity (Wildman–Crippen MR) is 169 cm³/mol. The molecule has 42 heavy (non-hydrogen) atoms. The van der Waals surface area contributed by atoms with Crippen molar-refractivity contribution in [1.29, 1.82) is 0 Å². The summed E-state index contributed by atoms with van der Waals surface area (Å²) in [6.45, 7) is 4.51. The molecule has 0 rings (SSSR count). The number of carbonyl (C=O) groups excluding carboxylic acids is 2. The molecule has 0 bridgehead atoms. The molecule has 6 heteroatoms. The van der Waals surface area contributed by atoms with E-state index < -0.39 is 11.9 Å². The van der Waals surface area contributed by atoms with Crippen molar-refractivity contribution in [2.75, 3.05) is 0 Å². The summed E-state index contributed by atoms with van der Waals surface area (Å²) >= 11 is 0. The summed E-state index contributed by atoms with van der Waals surface area (Å²) < 4.78 is 0. The summed E-state index contributed by atoms with van der Waals surface area (Å²) in [4.78, 5) is 20.4. The summed E-state index contributed by atoms with van der Waals surface area (Å²) in [5.74, 6) is -1.83. The summed E-state index contributed by atoms with van der Waals surface area (Å²) in [5, 5.41) is 20.4. The SMILES string of the molecule is CCCCCCCC/C=C\CCCCCCCC(=O)[O-].CCCCCCCC/C=C\CCCCCCCC(=O)[O-].[Na+].[Na+]. The molecule has 0 heterocycles. The average molecular weight is 609 g/mol. The van der Waals surface area contributed by atoms with Crippen molar-refractivity contribution >= 4 is 11.9 Å². The van der Waals surface area contributed by atoms with Gasteiger partial charge in [0, 0.05) is 11.9 Å². The average Bonchev–Trinajstić information content (AvgIpc) is 2.93. The maximum atomic E-state index is 10.2. The summed E-state index contributed by atoms with van der Waals surface area (Å²) in [5.41, 5.74) is 0. The van der Waals surface area contributed by atoms with E-state index in [0.29, 0.717) is 0 Å². The van der Waals surface area contributed by atoms with Crippen LogP contribution in [-0.2, 0) is 9.59 Å². The molecule has 0 saturated carbocycles. The Morgan fingerprint density at radius 1 is 0.381 bits per heavy atom. The number of carboxylic acids is 2. The van der Waals surface area contributed by atoms with Crippen molar-refractivity contribution in [3.05, 3.63) is 24.3 Å². The first-order valence-electron chi connectivity index (χ1n) is 17.2. The second kappa shape index (κ2) is 45.8. The van der Waals surface area contributed by atoms with E-state index in [0.717, 1.165) is 38.5 Å². The quantitative estimate of drug-likeness (QED) is 0.0710. The fourth-order valence-electron chi connectivity index (χ4n) is 4.68. The molecule has 0 unspecified atom stereocenters. The molecule has 0 aliphatic rings. The van der Waals surface area contributed by atoms with E-state index in [2.05, 4.69) is 38.2 Å². The van der Waals surface area contributed by atoms with Crippen LogP contribution in [0.1, 0.15) is 194 Å². The van der Waals surface area contributed by atoms with Gasteiger partial charge in [0.1, 0.15) is 0 Å². The van der Waals surface area contributed by atoms with E-state index in [1.54, 1.807) is 0 Å². The van der Waals surface area contributed by atoms with Gasteiger partial charge in [-0.25, -0.2) is 0 Å². The van der Waals surface area contributed by atoms with Crippen LogP contribution in [0.15, 0.2) is 24.3 Å². The summed E-state index contributed by atoms with van der Waals surface area (Å²) in [6.07, 6.45) is 41.8. The number of allylic oxidation sites excluding steroid dienone is 4. The van der Waals surface area contributed by atoms with Crippen molar-refractivity contribution in [2.45, 2.75) is 194 Å². The second-order valence-corrected chi connectivity index (χ2v) is 11.4. The zero-order chi connectivity index (χ0) is 29.8. The van der Waals surface area contributed by atoms with Crippen LogP contribution in [0.2, 0.25) is 0 Å². The minimum Gasteiger partial charge on any atom is -0.550 e. The van der Waals surface area contributed by atoms with Gasteiger partial charge in [-0.2, -0.15) is 0 Å².